The second-order valence-corrected chi connectivity index (χ2v) is 10.4. The Morgan fingerprint density at radius 3 is 1.81 bits per heavy atom. The third kappa shape index (κ3) is 5.82. The molecule has 206 valence electrons. The average molecular weight is 549 g/mol. The van der Waals surface area contributed by atoms with Crippen molar-refractivity contribution >= 4 is 23.1 Å². The van der Waals surface area contributed by atoms with Crippen molar-refractivity contribution in [3.05, 3.63) is 166 Å². The fourth-order valence-corrected chi connectivity index (χ4v) is 5.17. The molecule has 0 N–H and O–H groups in total. The lowest BCUT2D eigenvalue weighted by molar-refractivity contribution is 0.0348. The predicted molar refractivity (Wildman–Crippen MR) is 171 cm³/mol. The number of nitrogens with zero attached hydrogens (tertiary/aromatic N) is 4. The number of ether oxygens (including phenoxy) is 1. The minimum absolute atomic E-state index is 0.0754. The van der Waals surface area contributed by atoms with Gasteiger partial charge in [-0.1, -0.05) is 78.9 Å². The maximum Gasteiger partial charge on any atom is 0.265 e. The molecule has 0 spiro atoms. The van der Waals surface area contributed by atoms with E-state index in [0.717, 1.165) is 33.8 Å². The first-order valence-electron chi connectivity index (χ1n) is 13.8. The van der Waals surface area contributed by atoms with Gasteiger partial charge in [0.15, 0.2) is 5.60 Å². The van der Waals surface area contributed by atoms with E-state index in [4.69, 9.17) is 11.3 Å². The molecular weight excluding hydrogens is 516 g/mol. The first kappa shape index (κ1) is 28.0. The van der Waals surface area contributed by atoms with Gasteiger partial charge in [0.1, 0.15) is 5.76 Å². The Labute approximate surface area is 248 Å². The van der Waals surface area contributed by atoms with Crippen LogP contribution in [0.1, 0.15) is 23.1 Å². The van der Waals surface area contributed by atoms with E-state index in [1.54, 1.807) is 0 Å². The molecule has 42 heavy (non-hydrogen) atoms. The number of benzene rings is 4. The molecule has 0 unspecified atom stereocenters. The molecule has 0 aliphatic carbocycles. The molecule has 0 atom stereocenters. The number of allylic oxidation sites excluding steroid dienone is 3. The summed E-state index contributed by atoms with van der Waals surface area (Å²) >= 11 is 0. The summed E-state index contributed by atoms with van der Waals surface area (Å²) < 4.78 is 6.80. The maximum absolute atomic E-state index is 9.76. The van der Waals surface area contributed by atoms with Crippen LogP contribution in [0.5, 0.6) is 0 Å². The van der Waals surface area contributed by atoms with Crippen LogP contribution >= 0.6 is 0 Å². The molecule has 5 rings (SSSR count). The first-order valence-corrected chi connectivity index (χ1v) is 13.8. The fourth-order valence-electron chi connectivity index (χ4n) is 5.17. The van der Waals surface area contributed by atoms with Crippen LogP contribution < -0.4 is 9.80 Å². The highest BCUT2D eigenvalue weighted by Gasteiger charge is 2.40. The molecule has 1 aliphatic rings. The van der Waals surface area contributed by atoms with Crippen LogP contribution in [0.4, 0.5) is 17.1 Å². The Kier molecular flexibility index (Phi) is 8.23. The van der Waals surface area contributed by atoms with Gasteiger partial charge in [-0.25, -0.2) is 10.1 Å². The molecular formula is C37H32N4O. The van der Waals surface area contributed by atoms with Crippen molar-refractivity contribution in [1.82, 2.24) is 0 Å². The van der Waals surface area contributed by atoms with Gasteiger partial charge >= 0.3 is 0 Å². The van der Waals surface area contributed by atoms with Crippen LogP contribution in [0.3, 0.4) is 0 Å². The topological polar surface area (TPSA) is 43.9 Å². The van der Waals surface area contributed by atoms with E-state index >= 15 is 0 Å². The average Bonchev–Trinajstić information content (AvgIpc) is 3.05. The van der Waals surface area contributed by atoms with Crippen molar-refractivity contribution in [3.63, 3.8) is 0 Å². The molecule has 0 fully saturated rings. The highest BCUT2D eigenvalue weighted by atomic mass is 16.5. The monoisotopic (exact) mass is 548 g/mol. The highest BCUT2D eigenvalue weighted by Crippen LogP contribution is 2.45. The smallest absolute Gasteiger partial charge is 0.265 e. The van der Waals surface area contributed by atoms with Gasteiger partial charge in [-0.05, 0) is 59.7 Å². The normalized spacial score (nSPS) is 15.1. The van der Waals surface area contributed by atoms with Crippen LogP contribution in [0.2, 0.25) is 0 Å². The molecule has 4 aromatic rings. The fraction of sp³-hybridized carbons (Fsp3) is 0.135. The van der Waals surface area contributed by atoms with E-state index in [1.165, 1.54) is 0 Å². The van der Waals surface area contributed by atoms with Gasteiger partial charge in [-0.15, -0.1) is 0 Å². The van der Waals surface area contributed by atoms with E-state index in [9.17, 15) is 5.26 Å². The van der Waals surface area contributed by atoms with Crippen molar-refractivity contribution in [2.75, 3.05) is 30.9 Å². The zero-order chi connectivity index (χ0) is 29.5. The summed E-state index contributed by atoms with van der Waals surface area (Å²) in [7, 11) is 6.13. The van der Waals surface area contributed by atoms with Crippen LogP contribution in [0.25, 0.3) is 10.9 Å². The van der Waals surface area contributed by atoms with Crippen molar-refractivity contribution in [2.24, 2.45) is 0 Å². The Morgan fingerprint density at radius 1 is 0.786 bits per heavy atom. The second-order valence-electron chi connectivity index (χ2n) is 10.4. The zero-order valence-corrected chi connectivity index (χ0v) is 24.0. The SMILES string of the molecule is [C-]#[N+]C(C#N)=C1C=C(C=Cc2ccc(N(C)c3ccc(N(C)C)cc3)cc2)OC(c2ccccc2)(c2ccccc2)C1. The van der Waals surface area contributed by atoms with Gasteiger partial charge in [-0.3, -0.25) is 0 Å². The van der Waals surface area contributed by atoms with Gasteiger partial charge in [0, 0.05) is 55.8 Å². The van der Waals surface area contributed by atoms with Gasteiger partial charge in [-0.2, -0.15) is 0 Å². The predicted octanol–water partition coefficient (Wildman–Crippen LogP) is 8.48. The lowest BCUT2D eigenvalue weighted by Crippen LogP contribution is -2.34. The summed E-state index contributed by atoms with van der Waals surface area (Å²) in [6.45, 7) is 7.63. The van der Waals surface area contributed by atoms with E-state index < -0.39 is 5.60 Å². The molecule has 0 amide bonds. The summed E-state index contributed by atoms with van der Waals surface area (Å²) in [6, 6.07) is 38.9. The number of rotatable bonds is 7. The standard InChI is InChI=1S/C37H32N4O/c1-39-36(27-38)29-25-35(42-37(26-29,30-11-7-5-8-12-30)31-13-9-6-10-14-31)24-17-28-15-18-33(19-16-28)41(4)34-22-20-32(21-23-34)40(2)3/h5-25H,26H2,2-4H3. The second kappa shape index (κ2) is 12.3. The van der Waals surface area contributed by atoms with Crippen LogP contribution in [-0.4, -0.2) is 21.1 Å². The Bertz CT molecular complexity index is 1650. The van der Waals surface area contributed by atoms with Gasteiger partial charge in [0.2, 0.25) is 0 Å². The van der Waals surface area contributed by atoms with Crippen molar-refractivity contribution in [2.45, 2.75) is 12.0 Å². The van der Waals surface area contributed by atoms with Crippen LogP contribution in [0.15, 0.2) is 138 Å². The van der Waals surface area contributed by atoms with Gasteiger partial charge in [0.05, 0.1) is 12.6 Å². The summed E-state index contributed by atoms with van der Waals surface area (Å²) in [5.41, 5.74) is 6.12. The Morgan fingerprint density at radius 2 is 1.31 bits per heavy atom. The van der Waals surface area contributed by atoms with Crippen LogP contribution in [0, 0.1) is 17.9 Å². The molecule has 5 heteroatoms. The summed E-state index contributed by atoms with van der Waals surface area (Å²) in [4.78, 5) is 7.77. The third-order valence-electron chi connectivity index (χ3n) is 7.52. The van der Waals surface area contributed by atoms with Crippen molar-refractivity contribution in [3.8, 4) is 6.07 Å². The molecule has 0 saturated carbocycles. The summed E-state index contributed by atoms with van der Waals surface area (Å²) in [6.07, 6.45) is 6.10. The highest BCUT2D eigenvalue weighted by molar-refractivity contribution is 5.67. The molecule has 1 heterocycles. The van der Waals surface area contributed by atoms with Crippen molar-refractivity contribution in [1.29, 1.82) is 5.26 Å². The van der Waals surface area contributed by atoms with E-state index in [0.29, 0.717) is 17.8 Å². The number of anilines is 3. The lowest BCUT2D eigenvalue weighted by atomic mass is 9.79. The Hall–Kier alpha value is -5.52. The van der Waals surface area contributed by atoms with E-state index in [2.05, 4.69) is 76.3 Å². The van der Waals surface area contributed by atoms with Gasteiger partial charge in [0.25, 0.3) is 5.70 Å². The largest absolute Gasteiger partial charge is 0.478 e. The summed E-state index contributed by atoms with van der Waals surface area (Å²) in [5, 5.41) is 9.76. The maximum atomic E-state index is 9.76. The minimum atomic E-state index is -0.881. The van der Waals surface area contributed by atoms with Crippen LogP contribution in [-0.2, 0) is 10.3 Å². The molecule has 0 aromatic heterocycles. The lowest BCUT2D eigenvalue weighted by Gasteiger charge is -2.39. The molecule has 0 saturated heterocycles. The molecule has 0 radical (unpaired) electrons. The molecule has 1 aliphatic heterocycles. The number of nitriles is 1. The van der Waals surface area contributed by atoms with E-state index in [-0.39, 0.29) is 5.70 Å². The van der Waals surface area contributed by atoms with Crippen molar-refractivity contribution < 1.29 is 4.74 Å². The minimum Gasteiger partial charge on any atom is -0.478 e. The first-order chi connectivity index (χ1) is 20.4. The molecule has 4 aromatic carbocycles. The Balaban J connectivity index is 1.47. The quantitative estimate of drug-likeness (QED) is 0.172. The molecule has 0 bridgehead atoms. The van der Waals surface area contributed by atoms with E-state index in [1.807, 2.05) is 93.0 Å². The number of hydrogen-bond donors (Lipinski definition) is 0. The molecule has 5 nitrogen and oxygen atoms in total. The third-order valence-corrected chi connectivity index (χ3v) is 7.52. The van der Waals surface area contributed by atoms with Gasteiger partial charge < -0.3 is 14.5 Å². The zero-order valence-electron chi connectivity index (χ0n) is 24.0. The summed E-state index contributed by atoms with van der Waals surface area (Å²) in [5.74, 6) is 0.586. The number of hydrogen-bond acceptors (Lipinski definition) is 4.